The third-order valence-corrected chi connectivity index (χ3v) is 6.25. The smallest absolute Gasteiger partial charge is 0.338 e. The zero-order valence-electron chi connectivity index (χ0n) is 15.0. The lowest BCUT2D eigenvalue weighted by Crippen LogP contribution is -2.29. The lowest BCUT2D eigenvalue weighted by Gasteiger charge is -2.27. The minimum Gasteiger partial charge on any atom is -0.459 e. The lowest BCUT2D eigenvalue weighted by molar-refractivity contribution is -0.115. The maximum absolute atomic E-state index is 13.2. The van der Waals surface area contributed by atoms with E-state index >= 15 is 0 Å². The summed E-state index contributed by atoms with van der Waals surface area (Å²) in [6.07, 6.45) is 3.01. The fourth-order valence-electron chi connectivity index (χ4n) is 3.32. The van der Waals surface area contributed by atoms with Gasteiger partial charge in [-0.05, 0) is 67.6 Å². The number of ether oxygens (including phenoxy) is 1. The molecule has 0 radical (unpaired) electrons. The normalized spacial score (nSPS) is 19.9. The van der Waals surface area contributed by atoms with Crippen molar-refractivity contribution in [3.05, 3.63) is 65.0 Å². The highest BCUT2D eigenvalue weighted by molar-refractivity contribution is 8.00. The number of hydrogen-bond donors (Lipinski definition) is 0. The van der Waals surface area contributed by atoms with Gasteiger partial charge in [-0.25, -0.2) is 9.18 Å². The van der Waals surface area contributed by atoms with Crippen molar-refractivity contribution in [1.82, 2.24) is 0 Å². The van der Waals surface area contributed by atoms with E-state index in [0.717, 1.165) is 36.1 Å². The Bertz CT molecular complexity index is 879. The quantitative estimate of drug-likeness (QED) is 0.721. The SMILES string of the molecule is Cc1cc(C(=O)OC2CCC2)ccc1N1C(=O)CSC1c1ccc(F)cc1. The van der Waals surface area contributed by atoms with Crippen molar-refractivity contribution in [1.29, 1.82) is 0 Å². The summed E-state index contributed by atoms with van der Waals surface area (Å²) >= 11 is 1.51. The van der Waals surface area contributed by atoms with Crippen LogP contribution in [0.1, 0.15) is 46.1 Å². The molecule has 6 heteroatoms. The van der Waals surface area contributed by atoms with Crippen LogP contribution in [0.5, 0.6) is 0 Å². The molecule has 1 aliphatic carbocycles. The van der Waals surface area contributed by atoms with Gasteiger partial charge in [0.1, 0.15) is 17.3 Å². The van der Waals surface area contributed by atoms with Crippen molar-refractivity contribution in [3.8, 4) is 0 Å². The van der Waals surface area contributed by atoms with Crippen LogP contribution in [-0.4, -0.2) is 23.7 Å². The maximum atomic E-state index is 13.2. The summed E-state index contributed by atoms with van der Waals surface area (Å²) in [6.45, 7) is 1.88. The van der Waals surface area contributed by atoms with Gasteiger partial charge >= 0.3 is 5.97 Å². The number of thioether (sulfide) groups is 1. The monoisotopic (exact) mass is 385 g/mol. The molecule has 2 aromatic rings. The number of nitrogens with zero attached hydrogens (tertiary/aromatic N) is 1. The standard InChI is InChI=1S/C21H20FNO3S/c1-13-11-15(21(25)26-17-3-2-4-17)7-10-18(13)23-19(24)12-27-20(23)14-5-8-16(22)9-6-14/h5-11,17,20H,2-4,12H2,1H3. The highest BCUT2D eigenvalue weighted by Gasteiger charge is 2.35. The lowest BCUT2D eigenvalue weighted by atomic mass is 9.96. The molecule has 1 amide bonds. The molecule has 1 saturated heterocycles. The molecule has 4 nitrogen and oxygen atoms in total. The molecule has 27 heavy (non-hydrogen) atoms. The molecule has 0 spiro atoms. The largest absolute Gasteiger partial charge is 0.459 e. The first-order valence-corrected chi connectivity index (χ1v) is 10.1. The van der Waals surface area contributed by atoms with Crippen molar-refractivity contribution < 1.29 is 18.7 Å². The first-order valence-electron chi connectivity index (χ1n) is 9.03. The Morgan fingerprint density at radius 3 is 2.56 bits per heavy atom. The zero-order chi connectivity index (χ0) is 19.0. The van der Waals surface area contributed by atoms with E-state index in [1.807, 2.05) is 6.92 Å². The van der Waals surface area contributed by atoms with E-state index in [2.05, 4.69) is 0 Å². The van der Waals surface area contributed by atoms with E-state index in [1.54, 1.807) is 35.2 Å². The van der Waals surface area contributed by atoms with Crippen LogP contribution in [0.3, 0.4) is 0 Å². The topological polar surface area (TPSA) is 46.6 Å². The number of carbonyl (C=O) groups excluding carboxylic acids is 2. The summed E-state index contributed by atoms with van der Waals surface area (Å²) in [5, 5.41) is -0.204. The summed E-state index contributed by atoms with van der Waals surface area (Å²) in [5.74, 6) is -0.244. The van der Waals surface area contributed by atoms with Crippen molar-refractivity contribution in [2.75, 3.05) is 10.7 Å². The van der Waals surface area contributed by atoms with E-state index < -0.39 is 0 Å². The summed E-state index contributed by atoms with van der Waals surface area (Å²) in [6, 6.07) is 11.5. The van der Waals surface area contributed by atoms with Crippen LogP contribution in [0.4, 0.5) is 10.1 Å². The Labute approximate surface area is 161 Å². The molecule has 1 heterocycles. The van der Waals surface area contributed by atoms with Gasteiger partial charge in [0.15, 0.2) is 0 Å². The molecule has 0 bridgehead atoms. The fourth-order valence-corrected chi connectivity index (χ4v) is 4.49. The molecule has 2 aliphatic rings. The predicted octanol–water partition coefficient (Wildman–Crippen LogP) is 4.62. The van der Waals surface area contributed by atoms with Gasteiger partial charge in [0, 0.05) is 5.69 Å². The number of anilines is 1. The third kappa shape index (κ3) is 3.58. The average Bonchev–Trinajstić information content (AvgIpc) is 3.00. The van der Waals surface area contributed by atoms with E-state index in [4.69, 9.17) is 4.74 Å². The fraction of sp³-hybridized carbons (Fsp3) is 0.333. The number of aryl methyl sites for hydroxylation is 1. The van der Waals surface area contributed by atoms with E-state index in [9.17, 15) is 14.0 Å². The summed E-state index contributed by atoms with van der Waals surface area (Å²) in [7, 11) is 0. The maximum Gasteiger partial charge on any atom is 0.338 e. The molecular formula is C21H20FNO3S. The van der Waals surface area contributed by atoms with Crippen LogP contribution < -0.4 is 4.90 Å². The number of rotatable bonds is 4. The van der Waals surface area contributed by atoms with Gasteiger partial charge in [-0.3, -0.25) is 9.69 Å². The van der Waals surface area contributed by atoms with Crippen LogP contribution in [0.2, 0.25) is 0 Å². The van der Waals surface area contributed by atoms with Crippen LogP contribution in [-0.2, 0) is 9.53 Å². The van der Waals surface area contributed by atoms with Gasteiger partial charge in [0.2, 0.25) is 5.91 Å². The Morgan fingerprint density at radius 1 is 1.19 bits per heavy atom. The van der Waals surface area contributed by atoms with Crippen LogP contribution in [0.25, 0.3) is 0 Å². The first-order chi connectivity index (χ1) is 13.0. The molecule has 1 aliphatic heterocycles. The van der Waals surface area contributed by atoms with E-state index in [1.165, 1.54) is 23.9 Å². The molecular weight excluding hydrogens is 365 g/mol. The number of amides is 1. The summed E-state index contributed by atoms with van der Waals surface area (Å²) < 4.78 is 18.7. The molecule has 4 rings (SSSR count). The van der Waals surface area contributed by atoms with Gasteiger partial charge in [0.05, 0.1) is 11.3 Å². The Balaban J connectivity index is 1.59. The van der Waals surface area contributed by atoms with Gasteiger partial charge in [0.25, 0.3) is 0 Å². The van der Waals surface area contributed by atoms with Crippen molar-refractivity contribution in [2.24, 2.45) is 0 Å². The molecule has 2 fully saturated rings. The van der Waals surface area contributed by atoms with Crippen LogP contribution >= 0.6 is 11.8 Å². The predicted molar refractivity (Wildman–Crippen MR) is 103 cm³/mol. The Morgan fingerprint density at radius 2 is 1.93 bits per heavy atom. The molecule has 0 aromatic heterocycles. The second-order valence-electron chi connectivity index (χ2n) is 6.94. The number of hydrogen-bond acceptors (Lipinski definition) is 4. The van der Waals surface area contributed by atoms with Gasteiger partial charge in [-0.1, -0.05) is 12.1 Å². The van der Waals surface area contributed by atoms with Gasteiger partial charge < -0.3 is 4.74 Å². The Hall–Kier alpha value is -2.34. The summed E-state index contributed by atoms with van der Waals surface area (Å²) in [4.78, 5) is 26.5. The number of benzene rings is 2. The Kier molecular flexibility index (Phi) is 4.91. The molecule has 1 unspecified atom stereocenters. The minimum absolute atomic E-state index is 0.00206. The highest BCUT2D eigenvalue weighted by Crippen LogP contribution is 2.43. The molecule has 0 N–H and O–H groups in total. The highest BCUT2D eigenvalue weighted by atomic mass is 32.2. The van der Waals surface area contributed by atoms with Gasteiger partial charge in [-0.15, -0.1) is 11.8 Å². The molecule has 1 atom stereocenters. The van der Waals surface area contributed by atoms with E-state index in [0.29, 0.717) is 11.3 Å². The van der Waals surface area contributed by atoms with Gasteiger partial charge in [-0.2, -0.15) is 0 Å². The van der Waals surface area contributed by atoms with Crippen LogP contribution in [0.15, 0.2) is 42.5 Å². The number of esters is 1. The molecule has 1 saturated carbocycles. The zero-order valence-corrected chi connectivity index (χ0v) is 15.8. The van der Waals surface area contributed by atoms with Crippen molar-refractivity contribution in [3.63, 3.8) is 0 Å². The van der Waals surface area contributed by atoms with Crippen molar-refractivity contribution in [2.45, 2.75) is 37.7 Å². The first kappa shape index (κ1) is 18.0. The number of halogens is 1. The third-order valence-electron chi connectivity index (χ3n) is 5.04. The summed E-state index contributed by atoms with van der Waals surface area (Å²) in [5.41, 5.74) is 2.97. The van der Waals surface area contributed by atoms with E-state index in [-0.39, 0.29) is 29.2 Å². The second kappa shape index (κ2) is 7.35. The van der Waals surface area contributed by atoms with Crippen LogP contribution in [0, 0.1) is 12.7 Å². The number of carbonyl (C=O) groups is 2. The second-order valence-corrected chi connectivity index (χ2v) is 8.01. The van der Waals surface area contributed by atoms with Crippen molar-refractivity contribution >= 4 is 29.3 Å². The molecule has 2 aromatic carbocycles. The average molecular weight is 385 g/mol. The minimum atomic E-state index is -0.313. The molecule has 140 valence electrons.